The molecule has 0 fully saturated rings. The molecule has 0 unspecified atom stereocenters. The molecule has 8 rings (SSSR count). The molecule has 3 aromatic heterocycles. The van der Waals surface area contributed by atoms with Crippen LogP contribution in [0.15, 0.2) is 69.5 Å². The molecule has 0 saturated heterocycles. The maximum absolute atomic E-state index is 15.3. The molecule has 0 aliphatic carbocycles. The monoisotopic (exact) mass is 580 g/mol. The van der Waals surface area contributed by atoms with Crippen molar-refractivity contribution in [1.29, 1.82) is 10.5 Å². The second-order valence-corrected chi connectivity index (χ2v) is 11.2. The third kappa shape index (κ3) is 3.09. The first kappa shape index (κ1) is 25.8. The third-order valence-corrected chi connectivity index (χ3v) is 8.83. The number of rotatable bonds is 0. The SMILES string of the molecule is Cc1cc2c3ccccc3n(C)c2c2c1oc1c(C#N)c(F)c(F)c(C#N)c1oc1c(C)cc3c4ccccc4n(C)c3c12. The summed E-state index contributed by atoms with van der Waals surface area (Å²) in [6.45, 7) is 3.76. The Labute approximate surface area is 248 Å². The van der Waals surface area contributed by atoms with E-state index in [4.69, 9.17) is 8.83 Å². The second-order valence-electron chi connectivity index (χ2n) is 11.2. The van der Waals surface area contributed by atoms with Crippen LogP contribution in [0.25, 0.3) is 76.7 Å². The standard InChI is InChI=1S/C36H22F2N4O2/c1-17-13-21-19-9-5-7-11-25(19)41(3)31(21)27-28-32-22(20-10-6-8-12-26(20)42(32)4)14-18(2)34(28)44-36-24(16-40)30(38)29(37)23(15-39)35(36)43-33(17)27/h5-14H,1-4H3. The highest BCUT2D eigenvalue weighted by Gasteiger charge is 2.27. The maximum atomic E-state index is 15.3. The van der Waals surface area contributed by atoms with E-state index in [1.54, 1.807) is 12.1 Å². The quantitative estimate of drug-likeness (QED) is 0.179. The van der Waals surface area contributed by atoms with Crippen molar-refractivity contribution in [3.05, 3.63) is 94.6 Å². The molecule has 0 radical (unpaired) electrons. The molecule has 0 amide bonds. The predicted octanol–water partition coefficient (Wildman–Crippen LogP) is 9.38. The number of hydrogen-bond donors (Lipinski definition) is 0. The number of para-hydroxylation sites is 2. The maximum Gasteiger partial charge on any atom is 0.192 e. The van der Waals surface area contributed by atoms with Gasteiger partial charge in [-0.1, -0.05) is 36.4 Å². The number of halogens is 2. The molecule has 0 spiro atoms. The van der Waals surface area contributed by atoms with Crippen LogP contribution in [0.5, 0.6) is 0 Å². The van der Waals surface area contributed by atoms with Gasteiger partial charge in [-0.15, -0.1) is 0 Å². The van der Waals surface area contributed by atoms with Gasteiger partial charge in [0.2, 0.25) is 0 Å². The van der Waals surface area contributed by atoms with Crippen LogP contribution in [0.1, 0.15) is 22.3 Å². The molecular weight excluding hydrogens is 558 g/mol. The van der Waals surface area contributed by atoms with Crippen molar-refractivity contribution in [3.8, 4) is 12.1 Å². The van der Waals surface area contributed by atoms with Crippen LogP contribution in [-0.2, 0) is 14.1 Å². The summed E-state index contributed by atoms with van der Waals surface area (Å²) in [6.07, 6.45) is 0. The van der Waals surface area contributed by atoms with Gasteiger partial charge in [0.1, 0.15) is 34.4 Å². The van der Waals surface area contributed by atoms with Gasteiger partial charge < -0.3 is 18.0 Å². The van der Waals surface area contributed by atoms with E-state index < -0.39 is 22.8 Å². The molecular formula is C36H22F2N4O2. The number of nitriles is 2. The van der Waals surface area contributed by atoms with Crippen LogP contribution >= 0.6 is 0 Å². The van der Waals surface area contributed by atoms with E-state index in [0.29, 0.717) is 33.1 Å². The van der Waals surface area contributed by atoms with E-state index in [2.05, 4.69) is 21.3 Å². The van der Waals surface area contributed by atoms with Gasteiger partial charge in [-0.05, 0) is 49.2 Å². The number of nitrogens with zero attached hydrogens (tertiary/aromatic N) is 4. The van der Waals surface area contributed by atoms with Crippen molar-refractivity contribution in [2.24, 2.45) is 14.1 Å². The molecule has 44 heavy (non-hydrogen) atoms. The molecule has 6 nitrogen and oxygen atoms in total. The van der Waals surface area contributed by atoms with Gasteiger partial charge >= 0.3 is 0 Å². The van der Waals surface area contributed by atoms with Gasteiger partial charge in [0.15, 0.2) is 22.8 Å². The molecule has 0 aliphatic heterocycles. The molecule has 0 saturated carbocycles. The fourth-order valence-corrected chi connectivity index (χ4v) is 6.89. The second kappa shape index (κ2) is 8.82. The van der Waals surface area contributed by atoms with Gasteiger partial charge in [0.25, 0.3) is 0 Å². The Bertz CT molecular complexity index is 2570. The first-order valence-corrected chi connectivity index (χ1v) is 14.0. The van der Waals surface area contributed by atoms with Crippen LogP contribution in [0.3, 0.4) is 0 Å². The molecule has 8 aromatic rings. The molecule has 3 heterocycles. The Kier molecular flexibility index (Phi) is 5.18. The zero-order valence-electron chi connectivity index (χ0n) is 24.1. The van der Waals surface area contributed by atoms with Gasteiger partial charge in [-0.25, -0.2) is 8.78 Å². The minimum Gasteiger partial charge on any atom is -0.451 e. The zero-order valence-corrected chi connectivity index (χ0v) is 24.1. The Morgan fingerprint density at radius 1 is 0.591 bits per heavy atom. The lowest BCUT2D eigenvalue weighted by Gasteiger charge is -2.13. The van der Waals surface area contributed by atoms with Gasteiger partial charge in [0.05, 0.1) is 21.8 Å². The number of aryl methyl sites for hydroxylation is 4. The Morgan fingerprint density at radius 2 is 0.977 bits per heavy atom. The molecule has 0 N–H and O–H groups in total. The van der Waals surface area contributed by atoms with Crippen molar-refractivity contribution in [1.82, 2.24) is 9.13 Å². The molecule has 0 atom stereocenters. The van der Waals surface area contributed by atoms with Crippen LogP contribution in [0.2, 0.25) is 0 Å². The van der Waals surface area contributed by atoms with Gasteiger partial charge in [-0.2, -0.15) is 10.5 Å². The van der Waals surface area contributed by atoms with Gasteiger partial charge in [-0.3, -0.25) is 0 Å². The van der Waals surface area contributed by atoms with Crippen molar-refractivity contribution in [3.63, 3.8) is 0 Å². The average Bonchev–Trinajstić information content (AvgIpc) is 3.46. The Morgan fingerprint density at radius 3 is 1.36 bits per heavy atom. The highest BCUT2D eigenvalue weighted by molar-refractivity contribution is 6.30. The van der Waals surface area contributed by atoms with E-state index in [1.165, 1.54) is 0 Å². The summed E-state index contributed by atoms with van der Waals surface area (Å²) in [5.41, 5.74) is 3.80. The van der Waals surface area contributed by atoms with Crippen LogP contribution in [-0.4, -0.2) is 9.13 Å². The molecule has 0 bridgehead atoms. The minimum absolute atomic E-state index is 0.340. The first-order chi connectivity index (χ1) is 21.3. The summed E-state index contributed by atoms with van der Waals surface area (Å²) in [6, 6.07) is 23.6. The topological polar surface area (TPSA) is 83.7 Å². The van der Waals surface area contributed by atoms with Crippen LogP contribution < -0.4 is 0 Å². The average molecular weight is 581 g/mol. The molecule has 212 valence electrons. The van der Waals surface area contributed by atoms with E-state index in [1.807, 2.05) is 76.5 Å². The fourth-order valence-electron chi connectivity index (χ4n) is 6.89. The summed E-state index contributed by atoms with van der Waals surface area (Å²) < 4.78 is 47.7. The van der Waals surface area contributed by atoms with Crippen LogP contribution in [0.4, 0.5) is 8.78 Å². The molecule has 8 heteroatoms. The van der Waals surface area contributed by atoms with Crippen molar-refractivity contribution >= 4 is 76.7 Å². The summed E-state index contributed by atoms with van der Waals surface area (Å²) >= 11 is 0. The lowest BCUT2D eigenvalue weighted by molar-refractivity contribution is 0.497. The molecule has 0 aliphatic rings. The smallest absolute Gasteiger partial charge is 0.192 e. The number of hydrogen-bond acceptors (Lipinski definition) is 4. The minimum atomic E-state index is -1.46. The largest absolute Gasteiger partial charge is 0.451 e. The Balaban J connectivity index is 1.86. The van der Waals surface area contributed by atoms with Gasteiger partial charge in [0, 0.05) is 46.7 Å². The highest BCUT2D eigenvalue weighted by Crippen LogP contribution is 2.44. The van der Waals surface area contributed by atoms with E-state index in [9.17, 15) is 10.5 Å². The van der Waals surface area contributed by atoms with E-state index >= 15 is 8.78 Å². The lowest BCUT2D eigenvalue weighted by Crippen LogP contribution is -1.98. The molecule has 5 aromatic carbocycles. The summed E-state index contributed by atoms with van der Waals surface area (Å²) in [4.78, 5) is 0. The Hall–Kier alpha value is -5.86. The summed E-state index contributed by atoms with van der Waals surface area (Å²) in [7, 11) is 3.96. The third-order valence-electron chi connectivity index (χ3n) is 8.83. The predicted molar refractivity (Wildman–Crippen MR) is 168 cm³/mol. The summed E-state index contributed by atoms with van der Waals surface area (Å²) in [5.74, 6) is -2.92. The van der Waals surface area contributed by atoms with E-state index in [-0.39, 0.29) is 11.2 Å². The fraction of sp³-hybridized carbons (Fsp3) is 0.111. The van der Waals surface area contributed by atoms with E-state index in [0.717, 1.165) is 43.6 Å². The number of aromatic nitrogens is 2. The van der Waals surface area contributed by atoms with Crippen LogP contribution in [0, 0.1) is 48.1 Å². The number of fused-ring (bicyclic) bond motifs is 12. The van der Waals surface area contributed by atoms with Crippen molar-refractivity contribution < 1.29 is 17.6 Å². The first-order valence-electron chi connectivity index (χ1n) is 14.0. The highest BCUT2D eigenvalue weighted by atomic mass is 19.2. The lowest BCUT2D eigenvalue weighted by atomic mass is 9.99. The number of benzene rings is 5. The normalized spacial score (nSPS) is 11.8. The van der Waals surface area contributed by atoms with Crippen molar-refractivity contribution in [2.75, 3.05) is 0 Å². The zero-order chi connectivity index (χ0) is 30.6. The van der Waals surface area contributed by atoms with Crippen molar-refractivity contribution in [2.45, 2.75) is 13.8 Å². The summed E-state index contributed by atoms with van der Waals surface area (Å²) in [5, 5.41) is 25.4.